The van der Waals surface area contributed by atoms with Gasteiger partial charge < -0.3 is 4.42 Å². The van der Waals surface area contributed by atoms with E-state index in [1.807, 2.05) is 94.9 Å². The number of para-hydroxylation sites is 1. The molecule has 0 unspecified atom stereocenters. The summed E-state index contributed by atoms with van der Waals surface area (Å²) < 4.78 is 7.99. The van der Waals surface area contributed by atoms with E-state index < -0.39 is 0 Å². The molecule has 5 nitrogen and oxygen atoms in total. The Bertz CT molecular complexity index is 1770. The van der Waals surface area contributed by atoms with Crippen LogP contribution in [0.4, 0.5) is 0 Å². The second kappa shape index (κ2) is 7.48. The first kappa shape index (κ1) is 19.9. The lowest BCUT2D eigenvalue weighted by molar-refractivity contribution is 0.0990. The average Bonchev–Trinajstić information content (AvgIpc) is 3.65. The first-order valence-corrected chi connectivity index (χ1v) is 12.0. The Morgan fingerprint density at radius 3 is 2.14 bits per heavy atom. The summed E-state index contributed by atoms with van der Waals surface area (Å²) in [6.45, 7) is 0. The molecule has 1 aliphatic carbocycles. The zero-order valence-corrected chi connectivity index (χ0v) is 19.1. The molecule has 3 aromatic heterocycles. The number of carbonyl (C=O) groups is 2. The van der Waals surface area contributed by atoms with Gasteiger partial charge >= 0.3 is 0 Å². The van der Waals surface area contributed by atoms with Crippen LogP contribution in [-0.2, 0) is 0 Å². The summed E-state index contributed by atoms with van der Waals surface area (Å²) in [5, 5.41) is 3.84. The SMILES string of the molecule is O=C1C(=Cc2cc3oc(-c4cccs4)nc3n2-c2ccccc2)C(=O)c2cc3ccccc3cc21. The lowest BCUT2D eigenvalue weighted by Gasteiger charge is -2.07. The maximum absolute atomic E-state index is 13.3. The molecular formula is C29H16N2O3S. The molecule has 6 aromatic rings. The van der Waals surface area contributed by atoms with Crippen LogP contribution >= 0.6 is 11.3 Å². The second-order valence-electron chi connectivity index (χ2n) is 8.39. The Balaban J connectivity index is 1.41. The molecule has 0 aliphatic heterocycles. The van der Waals surface area contributed by atoms with Crippen molar-refractivity contribution in [2.75, 3.05) is 0 Å². The molecule has 1 aliphatic rings. The van der Waals surface area contributed by atoms with Crippen molar-refractivity contribution in [3.05, 3.63) is 113 Å². The third-order valence-electron chi connectivity index (χ3n) is 6.29. The highest BCUT2D eigenvalue weighted by Gasteiger charge is 2.34. The molecule has 6 heteroatoms. The maximum atomic E-state index is 13.3. The number of hydrogen-bond donors (Lipinski definition) is 0. The fourth-order valence-electron chi connectivity index (χ4n) is 4.65. The van der Waals surface area contributed by atoms with Gasteiger partial charge in [0.15, 0.2) is 22.8 Å². The summed E-state index contributed by atoms with van der Waals surface area (Å²) in [6.07, 6.45) is 1.66. The van der Waals surface area contributed by atoms with Crippen molar-refractivity contribution in [2.45, 2.75) is 0 Å². The van der Waals surface area contributed by atoms with Crippen molar-refractivity contribution in [2.24, 2.45) is 0 Å². The molecular weight excluding hydrogens is 456 g/mol. The molecule has 0 saturated heterocycles. The summed E-state index contributed by atoms with van der Waals surface area (Å²) in [7, 11) is 0. The minimum atomic E-state index is -0.264. The van der Waals surface area contributed by atoms with Crippen LogP contribution in [0.2, 0.25) is 0 Å². The third kappa shape index (κ3) is 3.04. The fourth-order valence-corrected chi connectivity index (χ4v) is 5.30. The summed E-state index contributed by atoms with van der Waals surface area (Å²) in [6, 6.07) is 26.8. The topological polar surface area (TPSA) is 65.1 Å². The zero-order chi connectivity index (χ0) is 23.5. The minimum absolute atomic E-state index is 0.145. The number of benzene rings is 3. The molecule has 0 N–H and O–H groups in total. The van der Waals surface area contributed by atoms with Gasteiger partial charge in [-0.2, -0.15) is 4.98 Å². The van der Waals surface area contributed by atoms with Crippen molar-refractivity contribution >= 4 is 51.0 Å². The Morgan fingerprint density at radius 2 is 1.49 bits per heavy atom. The van der Waals surface area contributed by atoms with E-state index in [-0.39, 0.29) is 17.1 Å². The van der Waals surface area contributed by atoms with Crippen LogP contribution in [0.3, 0.4) is 0 Å². The summed E-state index contributed by atoms with van der Waals surface area (Å²) >= 11 is 1.55. The van der Waals surface area contributed by atoms with E-state index in [0.29, 0.717) is 33.9 Å². The number of oxazole rings is 1. The molecule has 3 heterocycles. The monoisotopic (exact) mass is 472 g/mol. The largest absolute Gasteiger partial charge is 0.434 e. The summed E-state index contributed by atoms with van der Waals surface area (Å²) in [4.78, 5) is 32.3. The summed E-state index contributed by atoms with van der Waals surface area (Å²) in [5.74, 6) is 0.0156. The van der Waals surface area contributed by atoms with E-state index in [1.165, 1.54) is 0 Å². The standard InChI is InChI=1S/C29H16N2O3S/c32-26-21-13-17-7-4-5-8-18(17)14-22(21)27(33)23(26)15-20-16-24-28(31(20)19-9-2-1-3-10-19)30-29(34-24)25-11-6-12-35-25/h1-16H. The highest BCUT2D eigenvalue weighted by Crippen LogP contribution is 2.35. The van der Waals surface area contributed by atoms with Crippen LogP contribution in [-0.4, -0.2) is 21.1 Å². The normalized spacial score (nSPS) is 13.2. The van der Waals surface area contributed by atoms with Gasteiger partial charge in [0.25, 0.3) is 0 Å². The number of rotatable bonds is 3. The summed E-state index contributed by atoms with van der Waals surface area (Å²) in [5.41, 5.74) is 3.77. The molecule has 0 fully saturated rings. The first-order valence-electron chi connectivity index (χ1n) is 11.1. The van der Waals surface area contributed by atoms with E-state index in [1.54, 1.807) is 17.4 Å². The van der Waals surface area contributed by atoms with Gasteiger partial charge in [0.05, 0.1) is 16.1 Å². The molecule has 0 atom stereocenters. The molecule has 3 aromatic carbocycles. The van der Waals surface area contributed by atoms with Crippen LogP contribution in [0.15, 0.2) is 100 Å². The molecule has 0 radical (unpaired) electrons. The van der Waals surface area contributed by atoms with Gasteiger partial charge in [-0.1, -0.05) is 48.5 Å². The smallest absolute Gasteiger partial charge is 0.239 e. The lowest BCUT2D eigenvalue weighted by atomic mass is 10.0. The Morgan fingerprint density at radius 1 is 0.800 bits per heavy atom. The fraction of sp³-hybridized carbons (Fsp3) is 0. The van der Waals surface area contributed by atoms with Gasteiger partial charge in [0, 0.05) is 22.9 Å². The number of nitrogens with zero attached hydrogens (tertiary/aromatic N) is 2. The van der Waals surface area contributed by atoms with Crippen molar-refractivity contribution in [1.82, 2.24) is 9.55 Å². The van der Waals surface area contributed by atoms with E-state index in [4.69, 9.17) is 9.40 Å². The van der Waals surface area contributed by atoms with Crippen molar-refractivity contribution in [3.63, 3.8) is 0 Å². The molecule has 7 rings (SSSR count). The van der Waals surface area contributed by atoms with Crippen LogP contribution in [0.1, 0.15) is 26.4 Å². The molecule has 0 amide bonds. The van der Waals surface area contributed by atoms with E-state index in [0.717, 1.165) is 21.3 Å². The third-order valence-corrected chi connectivity index (χ3v) is 7.14. The van der Waals surface area contributed by atoms with Gasteiger partial charge in [-0.25, -0.2) is 0 Å². The number of ketones is 2. The Kier molecular flexibility index (Phi) is 4.25. The predicted octanol–water partition coefficient (Wildman–Crippen LogP) is 6.96. The van der Waals surface area contributed by atoms with Gasteiger partial charge in [-0.05, 0) is 52.6 Å². The van der Waals surface area contributed by atoms with Gasteiger partial charge in [0.1, 0.15) is 0 Å². The van der Waals surface area contributed by atoms with Crippen molar-refractivity contribution < 1.29 is 14.0 Å². The van der Waals surface area contributed by atoms with E-state index in [9.17, 15) is 9.59 Å². The number of allylic oxidation sites excluding steroid dienone is 1. The first-order chi connectivity index (χ1) is 17.2. The lowest BCUT2D eigenvalue weighted by Crippen LogP contribution is -2.03. The minimum Gasteiger partial charge on any atom is -0.434 e. The highest BCUT2D eigenvalue weighted by atomic mass is 32.1. The van der Waals surface area contributed by atoms with Crippen LogP contribution in [0.5, 0.6) is 0 Å². The Hall–Kier alpha value is -4.55. The zero-order valence-electron chi connectivity index (χ0n) is 18.3. The maximum Gasteiger partial charge on any atom is 0.239 e. The number of carbonyl (C=O) groups excluding carboxylic acids is 2. The molecule has 0 spiro atoms. The predicted molar refractivity (Wildman–Crippen MR) is 137 cm³/mol. The number of aromatic nitrogens is 2. The second-order valence-corrected chi connectivity index (χ2v) is 9.33. The quantitative estimate of drug-likeness (QED) is 0.206. The average molecular weight is 473 g/mol. The van der Waals surface area contributed by atoms with Crippen molar-refractivity contribution in [3.8, 4) is 16.5 Å². The van der Waals surface area contributed by atoms with Crippen LogP contribution in [0.25, 0.3) is 44.5 Å². The number of Topliss-reactive ketones (excluding diaryl/α,β-unsaturated/α-hetero) is 2. The van der Waals surface area contributed by atoms with Gasteiger partial charge in [-0.3, -0.25) is 14.2 Å². The van der Waals surface area contributed by atoms with Crippen LogP contribution in [0, 0.1) is 0 Å². The number of hydrogen-bond acceptors (Lipinski definition) is 5. The van der Waals surface area contributed by atoms with Gasteiger partial charge in [0.2, 0.25) is 5.89 Å². The highest BCUT2D eigenvalue weighted by molar-refractivity contribution is 7.13. The molecule has 35 heavy (non-hydrogen) atoms. The van der Waals surface area contributed by atoms with E-state index in [2.05, 4.69) is 0 Å². The molecule has 0 bridgehead atoms. The van der Waals surface area contributed by atoms with E-state index >= 15 is 0 Å². The molecule has 0 saturated carbocycles. The number of fused-ring (bicyclic) bond motifs is 3. The molecule has 166 valence electrons. The number of thiophene rings is 1. The van der Waals surface area contributed by atoms with Crippen molar-refractivity contribution in [1.29, 1.82) is 0 Å². The van der Waals surface area contributed by atoms with Crippen LogP contribution < -0.4 is 0 Å². The Labute approximate surface area is 203 Å². The van der Waals surface area contributed by atoms with Gasteiger partial charge in [-0.15, -0.1) is 11.3 Å².